The molecule has 1 aliphatic heterocycles. The van der Waals surface area contributed by atoms with Gasteiger partial charge < -0.3 is 14.5 Å². The lowest BCUT2D eigenvalue weighted by atomic mass is 10.2. The minimum Gasteiger partial charge on any atom is -0.466 e. The normalized spacial score (nSPS) is 26.5. The van der Waals surface area contributed by atoms with Gasteiger partial charge in [0.15, 0.2) is 0 Å². The molecule has 1 heterocycles. The zero-order valence-corrected chi connectivity index (χ0v) is 10.2. The standard InChI is InChI=1S/C11H22N2O2/c1-11(2,3)15-10(14)13(5)9-6-7-12(4)8-9/h9,12H,4,6-8H2,1-3,5H3/t9-/m0/s1. The number of carbonyl (C=O) groups is 1. The largest absolute Gasteiger partial charge is 0.466 e. The van der Waals surface area contributed by atoms with Crippen molar-refractivity contribution in [1.82, 2.24) is 4.90 Å². The first-order valence-electron chi connectivity index (χ1n) is 5.42. The summed E-state index contributed by atoms with van der Waals surface area (Å²) in [5, 5.41) is 0. The zero-order chi connectivity index (χ0) is 11.6. The molecule has 0 saturated carbocycles. The third-order valence-electron chi connectivity index (χ3n) is 2.58. The van der Waals surface area contributed by atoms with E-state index in [0.717, 1.165) is 19.5 Å². The van der Waals surface area contributed by atoms with Crippen molar-refractivity contribution in [3.63, 3.8) is 0 Å². The van der Waals surface area contributed by atoms with Gasteiger partial charge in [-0.2, -0.15) is 7.05 Å². The van der Waals surface area contributed by atoms with E-state index in [9.17, 15) is 4.79 Å². The van der Waals surface area contributed by atoms with Gasteiger partial charge in [0.05, 0.1) is 19.1 Å². The minimum absolute atomic E-state index is 0.234. The first-order chi connectivity index (χ1) is 6.79. The highest BCUT2D eigenvalue weighted by molar-refractivity contribution is 5.68. The molecule has 0 radical (unpaired) electrons. The van der Waals surface area contributed by atoms with Crippen molar-refractivity contribution in [3.05, 3.63) is 7.05 Å². The number of ether oxygens (including phenoxy) is 1. The second kappa shape index (κ2) is 4.39. The van der Waals surface area contributed by atoms with Crippen LogP contribution in [0.2, 0.25) is 0 Å². The summed E-state index contributed by atoms with van der Waals surface area (Å²) in [5.41, 5.74) is -0.416. The number of nitrogens with zero attached hydrogens (tertiary/aromatic N) is 1. The number of likely N-dealkylation sites (N-methyl/N-ethyl adjacent to an activating group) is 1. The molecule has 4 heteroatoms. The Labute approximate surface area is 92.2 Å². The maximum atomic E-state index is 11.7. The number of nitrogens with one attached hydrogen (secondary N) is 1. The Hall–Kier alpha value is -0.770. The van der Waals surface area contributed by atoms with Crippen molar-refractivity contribution in [2.75, 3.05) is 20.1 Å². The molecule has 0 aromatic rings. The Kier molecular flexibility index (Phi) is 3.60. The van der Waals surface area contributed by atoms with Gasteiger partial charge in [-0.05, 0) is 20.8 Å². The second-order valence-corrected chi connectivity index (χ2v) is 5.24. The lowest BCUT2D eigenvalue weighted by molar-refractivity contribution is -0.840. The van der Waals surface area contributed by atoms with Crippen LogP contribution < -0.4 is 4.90 Å². The van der Waals surface area contributed by atoms with E-state index >= 15 is 0 Å². The fourth-order valence-electron chi connectivity index (χ4n) is 1.72. The predicted molar refractivity (Wildman–Crippen MR) is 58.5 cm³/mol. The summed E-state index contributed by atoms with van der Waals surface area (Å²) in [6, 6.07) is 0.271. The van der Waals surface area contributed by atoms with Crippen LogP contribution in [-0.2, 0) is 4.74 Å². The van der Waals surface area contributed by atoms with Crippen molar-refractivity contribution in [1.29, 1.82) is 0 Å². The van der Waals surface area contributed by atoms with E-state index in [0.29, 0.717) is 0 Å². The lowest BCUT2D eigenvalue weighted by Gasteiger charge is -2.27. The van der Waals surface area contributed by atoms with Gasteiger partial charge in [-0.3, -0.25) is 0 Å². The molecule has 1 saturated heterocycles. The summed E-state index contributed by atoms with van der Waals surface area (Å²) >= 11 is 0. The van der Waals surface area contributed by atoms with Gasteiger partial charge in [0.1, 0.15) is 5.60 Å². The Balaban J connectivity index is 2.46. The topological polar surface area (TPSA) is 34.0 Å². The Morgan fingerprint density at radius 1 is 1.53 bits per heavy atom. The van der Waals surface area contributed by atoms with Crippen molar-refractivity contribution >= 4 is 6.09 Å². The highest BCUT2D eigenvalue weighted by Gasteiger charge is 2.30. The number of carbonyl (C=O) groups excluding carboxylic acids is 1. The van der Waals surface area contributed by atoms with E-state index in [4.69, 9.17) is 4.74 Å². The average molecular weight is 214 g/mol. The number of hydrogen-bond donors (Lipinski definition) is 1. The van der Waals surface area contributed by atoms with Gasteiger partial charge in [0.25, 0.3) is 0 Å². The molecular formula is C11H22N2O2. The van der Waals surface area contributed by atoms with Crippen LogP contribution in [0.25, 0.3) is 0 Å². The van der Waals surface area contributed by atoms with Gasteiger partial charge >= 0.3 is 6.09 Å². The summed E-state index contributed by atoms with van der Waals surface area (Å²) in [4.78, 5) is 14.7. The third-order valence-corrected chi connectivity index (χ3v) is 2.58. The van der Waals surface area contributed by atoms with Crippen LogP contribution in [-0.4, -0.2) is 42.8 Å². The van der Waals surface area contributed by atoms with E-state index < -0.39 is 5.60 Å². The van der Waals surface area contributed by atoms with E-state index in [-0.39, 0.29) is 12.1 Å². The molecule has 0 aliphatic carbocycles. The molecule has 0 aromatic heterocycles. The average Bonchev–Trinajstić information content (AvgIpc) is 2.47. The molecule has 1 amide bonds. The van der Waals surface area contributed by atoms with Crippen LogP contribution in [0.15, 0.2) is 0 Å². The quantitative estimate of drug-likeness (QED) is 0.637. The molecule has 0 bridgehead atoms. The van der Waals surface area contributed by atoms with Crippen LogP contribution >= 0.6 is 0 Å². The summed E-state index contributed by atoms with van der Waals surface area (Å²) in [6.07, 6.45) is 0.774. The molecule has 1 unspecified atom stereocenters. The lowest BCUT2D eigenvalue weighted by Crippen LogP contribution is -3.05. The van der Waals surface area contributed by atoms with E-state index in [1.165, 1.54) is 4.90 Å². The first-order valence-corrected chi connectivity index (χ1v) is 5.42. The monoisotopic (exact) mass is 214 g/mol. The molecule has 1 rings (SSSR count). The second-order valence-electron chi connectivity index (χ2n) is 5.24. The number of amides is 1. The Morgan fingerprint density at radius 2 is 2.13 bits per heavy atom. The van der Waals surface area contributed by atoms with Crippen LogP contribution in [0.4, 0.5) is 4.79 Å². The maximum Gasteiger partial charge on any atom is 0.410 e. The maximum absolute atomic E-state index is 11.7. The molecule has 1 aliphatic rings. The number of quaternary nitrogens is 1. The van der Waals surface area contributed by atoms with Gasteiger partial charge in [0.2, 0.25) is 0 Å². The SMILES string of the molecule is [CH2-][NH+]1CC[C@H](N(C)C(=O)OC(C)(C)C)C1. The molecule has 1 fully saturated rings. The summed E-state index contributed by atoms with van der Waals surface area (Å²) in [7, 11) is 5.74. The van der Waals surface area contributed by atoms with Crippen LogP contribution in [0, 0.1) is 7.05 Å². The summed E-state index contributed by atoms with van der Waals surface area (Å²) in [5.74, 6) is 0. The van der Waals surface area contributed by atoms with Gasteiger partial charge in [-0.25, -0.2) is 4.79 Å². The number of rotatable bonds is 1. The van der Waals surface area contributed by atoms with Crippen molar-refractivity contribution in [3.8, 4) is 0 Å². The smallest absolute Gasteiger partial charge is 0.410 e. The summed E-state index contributed by atoms with van der Waals surface area (Å²) < 4.78 is 5.30. The Bertz CT molecular complexity index is 235. The fraction of sp³-hybridized carbons (Fsp3) is 0.818. The first kappa shape index (κ1) is 12.3. The molecule has 15 heavy (non-hydrogen) atoms. The highest BCUT2D eigenvalue weighted by atomic mass is 16.6. The predicted octanol–water partition coefficient (Wildman–Crippen LogP) is 0.302. The molecule has 0 aromatic carbocycles. The van der Waals surface area contributed by atoms with E-state index in [2.05, 4.69) is 7.05 Å². The molecule has 4 nitrogen and oxygen atoms in total. The number of likely N-dealkylation sites (tertiary alicyclic amines) is 1. The van der Waals surface area contributed by atoms with Crippen LogP contribution in [0.3, 0.4) is 0 Å². The van der Waals surface area contributed by atoms with E-state index in [1.54, 1.807) is 11.9 Å². The van der Waals surface area contributed by atoms with Crippen molar-refractivity contribution in [2.24, 2.45) is 0 Å². The molecular weight excluding hydrogens is 192 g/mol. The van der Waals surface area contributed by atoms with Gasteiger partial charge in [0, 0.05) is 13.5 Å². The van der Waals surface area contributed by atoms with Crippen LogP contribution in [0.1, 0.15) is 27.2 Å². The highest BCUT2D eigenvalue weighted by Crippen LogP contribution is 2.12. The minimum atomic E-state index is -0.416. The van der Waals surface area contributed by atoms with E-state index in [1.807, 2.05) is 20.8 Å². The molecule has 88 valence electrons. The van der Waals surface area contributed by atoms with Gasteiger partial charge in [-0.1, -0.05) is 0 Å². The fourth-order valence-corrected chi connectivity index (χ4v) is 1.72. The van der Waals surface area contributed by atoms with Crippen molar-refractivity contribution in [2.45, 2.75) is 38.8 Å². The molecule has 1 N–H and O–H groups in total. The Morgan fingerprint density at radius 3 is 2.53 bits per heavy atom. The third kappa shape index (κ3) is 3.70. The van der Waals surface area contributed by atoms with Crippen LogP contribution in [0.5, 0.6) is 0 Å². The zero-order valence-electron chi connectivity index (χ0n) is 10.2. The van der Waals surface area contributed by atoms with Gasteiger partial charge in [-0.15, -0.1) is 0 Å². The summed E-state index contributed by atoms with van der Waals surface area (Å²) in [6.45, 7) is 7.58. The number of hydrogen-bond acceptors (Lipinski definition) is 2. The molecule has 0 spiro atoms. The molecule has 2 atom stereocenters. The van der Waals surface area contributed by atoms with Crippen molar-refractivity contribution < 1.29 is 14.4 Å².